The maximum atomic E-state index is 12.0. The van der Waals surface area contributed by atoms with Crippen LogP contribution in [0.4, 0.5) is 11.4 Å². The Balaban J connectivity index is 1.81. The lowest BCUT2D eigenvalue weighted by Crippen LogP contribution is -2.16. The molecule has 0 saturated carbocycles. The Bertz CT molecular complexity index is 840. The van der Waals surface area contributed by atoms with Crippen LogP contribution in [0.5, 0.6) is 0 Å². The highest BCUT2D eigenvalue weighted by molar-refractivity contribution is 9.10. The highest BCUT2D eigenvalue weighted by Gasteiger charge is 2.09. The van der Waals surface area contributed by atoms with Crippen LogP contribution < -0.4 is 10.0 Å². The number of halogens is 1. The summed E-state index contributed by atoms with van der Waals surface area (Å²) in [6, 6.07) is 14.5. The van der Waals surface area contributed by atoms with Gasteiger partial charge in [-0.3, -0.25) is 9.52 Å². The average Bonchev–Trinajstić information content (AvgIpc) is 2.58. The summed E-state index contributed by atoms with van der Waals surface area (Å²) in [6.45, 7) is 1.81. The number of amides is 1. The lowest BCUT2D eigenvalue weighted by Gasteiger charge is -2.09. The number of benzene rings is 2. The largest absolute Gasteiger partial charge is 0.326 e. The summed E-state index contributed by atoms with van der Waals surface area (Å²) >= 11 is 5.10. The van der Waals surface area contributed by atoms with Gasteiger partial charge in [0, 0.05) is 32.9 Å². The van der Waals surface area contributed by atoms with Gasteiger partial charge < -0.3 is 5.32 Å². The molecule has 0 aliphatic carbocycles. The Morgan fingerprint density at radius 1 is 1.08 bits per heavy atom. The molecule has 2 rings (SSSR count). The molecule has 0 saturated heterocycles. The number of hydrogen-bond donors (Lipinski definition) is 2. The van der Waals surface area contributed by atoms with E-state index in [-0.39, 0.29) is 11.7 Å². The molecule has 0 atom stereocenters. The lowest BCUT2D eigenvalue weighted by molar-refractivity contribution is -0.115. The van der Waals surface area contributed by atoms with Crippen LogP contribution in [0, 0.1) is 0 Å². The minimum Gasteiger partial charge on any atom is -0.326 e. The fourth-order valence-electron chi connectivity index (χ4n) is 2.16. The molecule has 0 aromatic heterocycles. The molecule has 0 unspecified atom stereocenters. The second-order valence-corrected chi connectivity index (χ2v) is 9.41. The first-order valence-electron chi connectivity index (χ1n) is 8.17. The summed E-state index contributed by atoms with van der Waals surface area (Å²) in [7, 11) is -3.31. The Morgan fingerprint density at radius 2 is 1.73 bits per heavy atom. The highest BCUT2D eigenvalue weighted by atomic mass is 79.9. The van der Waals surface area contributed by atoms with E-state index >= 15 is 0 Å². The molecule has 2 aromatic carbocycles. The van der Waals surface area contributed by atoms with Gasteiger partial charge in [-0.25, -0.2) is 8.42 Å². The van der Waals surface area contributed by atoms with E-state index in [0.717, 1.165) is 9.37 Å². The monoisotopic (exact) mass is 456 g/mol. The minimum atomic E-state index is -3.31. The first-order chi connectivity index (χ1) is 12.4. The molecule has 0 aliphatic heterocycles. The number of rotatable bonds is 9. The second-order valence-electron chi connectivity index (χ2n) is 5.58. The SMILES string of the molecule is CCCS(=O)(=O)Nc1ccc(NC(=O)CCSc2ccccc2Br)cc1. The molecule has 0 fully saturated rings. The zero-order valence-corrected chi connectivity index (χ0v) is 17.6. The summed E-state index contributed by atoms with van der Waals surface area (Å²) < 4.78 is 27.0. The number of carbonyl (C=O) groups is 1. The van der Waals surface area contributed by atoms with Crippen molar-refractivity contribution in [3.8, 4) is 0 Å². The van der Waals surface area contributed by atoms with Crippen molar-refractivity contribution in [1.82, 2.24) is 0 Å². The molecule has 0 heterocycles. The summed E-state index contributed by atoms with van der Waals surface area (Å²) in [5.74, 6) is 0.674. The van der Waals surface area contributed by atoms with Crippen molar-refractivity contribution in [2.75, 3.05) is 21.5 Å². The van der Waals surface area contributed by atoms with Gasteiger partial charge in [0.15, 0.2) is 0 Å². The second kappa shape index (κ2) is 9.99. The van der Waals surface area contributed by atoms with Gasteiger partial charge in [0.05, 0.1) is 5.75 Å². The predicted molar refractivity (Wildman–Crippen MR) is 112 cm³/mol. The summed E-state index contributed by atoms with van der Waals surface area (Å²) in [4.78, 5) is 13.1. The molecular formula is C18H21BrN2O3S2. The third-order valence-electron chi connectivity index (χ3n) is 3.34. The van der Waals surface area contributed by atoms with E-state index in [2.05, 4.69) is 26.0 Å². The molecule has 2 aromatic rings. The van der Waals surface area contributed by atoms with Crippen molar-refractivity contribution in [3.63, 3.8) is 0 Å². The molecule has 0 radical (unpaired) electrons. The van der Waals surface area contributed by atoms with Gasteiger partial charge in [-0.2, -0.15) is 0 Å². The van der Waals surface area contributed by atoms with Gasteiger partial charge in [0.1, 0.15) is 0 Å². The number of carbonyl (C=O) groups excluding carboxylic acids is 1. The third kappa shape index (κ3) is 7.01. The number of nitrogens with one attached hydrogen (secondary N) is 2. The zero-order valence-electron chi connectivity index (χ0n) is 14.4. The third-order valence-corrected chi connectivity index (χ3v) is 6.86. The van der Waals surface area contributed by atoms with Gasteiger partial charge in [0.2, 0.25) is 15.9 Å². The summed E-state index contributed by atoms with van der Waals surface area (Å²) in [5, 5.41) is 2.82. The molecular weight excluding hydrogens is 436 g/mol. The van der Waals surface area contributed by atoms with Crippen LogP contribution in [-0.4, -0.2) is 25.8 Å². The van der Waals surface area contributed by atoms with Crippen LogP contribution in [0.25, 0.3) is 0 Å². The molecule has 0 bridgehead atoms. The molecule has 8 heteroatoms. The maximum absolute atomic E-state index is 12.0. The standard InChI is InChI=1S/C18H21BrN2O3S2/c1-2-13-26(23,24)21-15-9-7-14(8-10-15)20-18(22)11-12-25-17-6-4-3-5-16(17)19/h3-10,21H,2,11-13H2,1H3,(H,20,22). The van der Waals surface area contributed by atoms with Gasteiger partial charge in [-0.05, 0) is 58.7 Å². The van der Waals surface area contributed by atoms with Crippen LogP contribution in [-0.2, 0) is 14.8 Å². The van der Waals surface area contributed by atoms with Crippen LogP contribution in [0.1, 0.15) is 19.8 Å². The first kappa shape index (κ1) is 20.8. The summed E-state index contributed by atoms with van der Waals surface area (Å²) in [5.41, 5.74) is 1.13. The van der Waals surface area contributed by atoms with E-state index in [1.807, 2.05) is 31.2 Å². The van der Waals surface area contributed by atoms with Crippen molar-refractivity contribution >= 4 is 55.0 Å². The Hall–Kier alpha value is -1.51. The van der Waals surface area contributed by atoms with Gasteiger partial charge in [-0.15, -0.1) is 11.8 Å². The molecule has 140 valence electrons. The minimum absolute atomic E-state index is 0.0798. The topological polar surface area (TPSA) is 75.3 Å². The number of sulfonamides is 1. The Kier molecular flexibility index (Phi) is 7.99. The zero-order chi connectivity index (χ0) is 19.0. The van der Waals surface area contributed by atoms with E-state index < -0.39 is 10.0 Å². The molecule has 5 nitrogen and oxygen atoms in total. The van der Waals surface area contributed by atoms with Crippen LogP contribution in [0.2, 0.25) is 0 Å². The number of anilines is 2. The van der Waals surface area contributed by atoms with Crippen LogP contribution >= 0.6 is 27.7 Å². The predicted octanol–water partition coefficient (Wildman–Crippen LogP) is 4.72. The number of thioether (sulfide) groups is 1. The van der Waals surface area contributed by atoms with Crippen molar-refractivity contribution in [3.05, 3.63) is 53.0 Å². The van der Waals surface area contributed by atoms with Crippen LogP contribution in [0.15, 0.2) is 57.9 Å². The van der Waals surface area contributed by atoms with Crippen molar-refractivity contribution in [2.45, 2.75) is 24.7 Å². The van der Waals surface area contributed by atoms with Gasteiger partial charge in [-0.1, -0.05) is 19.1 Å². The highest BCUT2D eigenvalue weighted by Crippen LogP contribution is 2.27. The fourth-order valence-corrected chi connectivity index (χ4v) is 4.81. The van der Waals surface area contributed by atoms with E-state index in [1.165, 1.54) is 0 Å². The normalized spacial score (nSPS) is 11.2. The van der Waals surface area contributed by atoms with E-state index in [0.29, 0.717) is 30.0 Å². The molecule has 0 aliphatic rings. The quantitative estimate of drug-likeness (QED) is 0.535. The maximum Gasteiger partial charge on any atom is 0.232 e. The van der Waals surface area contributed by atoms with Gasteiger partial charge >= 0.3 is 0 Å². The van der Waals surface area contributed by atoms with Crippen LogP contribution in [0.3, 0.4) is 0 Å². The fraction of sp³-hybridized carbons (Fsp3) is 0.278. The Morgan fingerprint density at radius 3 is 2.38 bits per heavy atom. The molecule has 1 amide bonds. The smallest absolute Gasteiger partial charge is 0.232 e. The van der Waals surface area contributed by atoms with Crippen molar-refractivity contribution in [2.24, 2.45) is 0 Å². The van der Waals surface area contributed by atoms with Gasteiger partial charge in [0.25, 0.3) is 0 Å². The molecule has 2 N–H and O–H groups in total. The average molecular weight is 457 g/mol. The lowest BCUT2D eigenvalue weighted by atomic mass is 10.3. The van der Waals surface area contributed by atoms with E-state index in [1.54, 1.807) is 36.0 Å². The number of hydrogen-bond acceptors (Lipinski definition) is 4. The van der Waals surface area contributed by atoms with Crippen molar-refractivity contribution < 1.29 is 13.2 Å². The van der Waals surface area contributed by atoms with E-state index in [9.17, 15) is 13.2 Å². The molecule has 26 heavy (non-hydrogen) atoms. The van der Waals surface area contributed by atoms with Crippen molar-refractivity contribution in [1.29, 1.82) is 0 Å². The Labute approximate surface area is 167 Å². The summed E-state index contributed by atoms with van der Waals surface area (Å²) in [6.07, 6.45) is 0.942. The molecule has 0 spiro atoms. The van der Waals surface area contributed by atoms with E-state index in [4.69, 9.17) is 0 Å². The first-order valence-corrected chi connectivity index (χ1v) is 11.6.